The van der Waals surface area contributed by atoms with Crippen LogP contribution in [0.2, 0.25) is 0 Å². The van der Waals surface area contributed by atoms with Crippen LogP contribution in [0.15, 0.2) is 17.9 Å². The first-order chi connectivity index (χ1) is 11.7. The molecule has 0 saturated carbocycles. The standard InChI is InChI=1S/C15H21N7OS/c1-3-12-8-13(17-9-16-12)22-6-4-21(5-7-22)11(2)14(23)19-15-20-18-10-24-15/h8-11H,3-7H2,1-2H3,(H,19,20,23)/t11-/m1/s1. The Morgan fingerprint density at radius 2 is 2.12 bits per heavy atom. The van der Waals surface area contributed by atoms with Crippen molar-refractivity contribution < 1.29 is 4.79 Å². The number of carbonyl (C=O) groups excluding carboxylic acids is 1. The minimum atomic E-state index is -0.201. The van der Waals surface area contributed by atoms with E-state index in [4.69, 9.17) is 0 Å². The second-order valence-corrected chi connectivity index (χ2v) is 6.49. The average Bonchev–Trinajstić information content (AvgIpc) is 3.14. The molecule has 1 aliphatic rings. The molecule has 128 valence electrons. The highest BCUT2D eigenvalue weighted by atomic mass is 32.1. The number of amides is 1. The molecular weight excluding hydrogens is 326 g/mol. The van der Waals surface area contributed by atoms with Crippen LogP contribution >= 0.6 is 11.3 Å². The lowest BCUT2D eigenvalue weighted by Crippen LogP contribution is -2.53. The lowest BCUT2D eigenvalue weighted by Gasteiger charge is -2.37. The van der Waals surface area contributed by atoms with Gasteiger partial charge in [0.2, 0.25) is 11.0 Å². The number of rotatable bonds is 5. The van der Waals surface area contributed by atoms with E-state index in [9.17, 15) is 4.79 Å². The van der Waals surface area contributed by atoms with Gasteiger partial charge in [0.1, 0.15) is 17.7 Å². The van der Waals surface area contributed by atoms with Crippen molar-refractivity contribution in [3.05, 3.63) is 23.6 Å². The fourth-order valence-electron chi connectivity index (χ4n) is 2.69. The molecule has 1 fully saturated rings. The predicted octanol–water partition coefficient (Wildman–Crippen LogP) is 1.04. The molecule has 1 amide bonds. The summed E-state index contributed by atoms with van der Waals surface area (Å²) in [5.41, 5.74) is 2.65. The highest BCUT2D eigenvalue weighted by molar-refractivity contribution is 7.13. The minimum absolute atomic E-state index is 0.0458. The zero-order chi connectivity index (χ0) is 16.9. The van der Waals surface area contributed by atoms with Crippen LogP contribution in [0.25, 0.3) is 0 Å². The van der Waals surface area contributed by atoms with Crippen LogP contribution in [0.5, 0.6) is 0 Å². The van der Waals surface area contributed by atoms with Crippen molar-refractivity contribution in [2.75, 3.05) is 36.4 Å². The molecule has 0 spiro atoms. The second kappa shape index (κ2) is 7.63. The monoisotopic (exact) mass is 347 g/mol. The van der Waals surface area contributed by atoms with Gasteiger partial charge in [-0.3, -0.25) is 15.0 Å². The van der Waals surface area contributed by atoms with Gasteiger partial charge in [-0.2, -0.15) is 0 Å². The summed E-state index contributed by atoms with van der Waals surface area (Å²) in [5.74, 6) is 0.919. The molecule has 9 heteroatoms. The maximum absolute atomic E-state index is 12.3. The summed E-state index contributed by atoms with van der Waals surface area (Å²) in [5, 5.41) is 10.9. The average molecular weight is 347 g/mol. The molecule has 3 rings (SSSR count). The van der Waals surface area contributed by atoms with Gasteiger partial charge < -0.3 is 4.90 Å². The Kier molecular flexibility index (Phi) is 5.31. The van der Waals surface area contributed by atoms with Crippen LogP contribution < -0.4 is 10.2 Å². The van der Waals surface area contributed by atoms with Gasteiger partial charge in [0.15, 0.2) is 0 Å². The molecule has 24 heavy (non-hydrogen) atoms. The Labute approximate surface area is 144 Å². The molecule has 8 nitrogen and oxygen atoms in total. The first-order valence-corrected chi connectivity index (χ1v) is 8.92. The molecule has 0 radical (unpaired) electrons. The van der Waals surface area contributed by atoms with Crippen molar-refractivity contribution in [2.24, 2.45) is 0 Å². The molecule has 0 bridgehead atoms. The number of carbonyl (C=O) groups is 1. The van der Waals surface area contributed by atoms with E-state index in [1.54, 1.807) is 11.8 Å². The van der Waals surface area contributed by atoms with E-state index in [0.717, 1.165) is 44.1 Å². The van der Waals surface area contributed by atoms with Crippen LogP contribution in [0.3, 0.4) is 0 Å². The number of piperazine rings is 1. The lowest BCUT2D eigenvalue weighted by atomic mass is 10.2. The van der Waals surface area contributed by atoms with E-state index < -0.39 is 0 Å². The fourth-order valence-corrected chi connectivity index (χ4v) is 3.14. The van der Waals surface area contributed by atoms with Gasteiger partial charge in [-0.15, -0.1) is 10.2 Å². The summed E-state index contributed by atoms with van der Waals surface area (Å²) in [6.07, 6.45) is 2.52. The Morgan fingerprint density at radius 3 is 2.79 bits per heavy atom. The molecule has 2 aromatic heterocycles. The maximum Gasteiger partial charge on any atom is 0.243 e. The summed E-state index contributed by atoms with van der Waals surface area (Å²) in [6.45, 7) is 7.33. The molecule has 0 aromatic carbocycles. The third-order valence-electron chi connectivity index (χ3n) is 4.23. The number of nitrogens with one attached hydrogen (secondary N) is 1. The molecule has 0 unspecified atom stereocenters. The smallest absolute Gasteiger partial charge is 0.243 e. The van der Waals surface area contributed by atoms with Crippen molar-refractivity contribution in [1.82, 2.24) is 25.1 Å². The van der Waals surface area contributed by atoms with Gasteiger partial charge in [-0.25, -0.2) is 9.97 Å². The van der Waals surface area contributed by atoms with Crippen molar-refractivity contribution in [2.45, 2.75) is 26.3 Å². The van der Waals surface area contributed by atoms with E-state index in [2.05, 4.69) is 42.2 Å². The van der Waals surface area contributed by atoms with Crippen LogP contribution in [0.4, 0.5) is 10.9 Å². The number of aryl methyl sites for hydroxylation is 1. The molecule has 1 N–H and O–H groups in total. The molecule has 1 saturated heterocycles. The molecular formula is C15H21N7OS. The van der Waals surface area contributed by atoms with Crippen LogP contribution in [0.1, 0.15) is 19.5 Å². The van der Waals surface area contributed by atoms with Crippen molar-refractivity contribution in [3.63, 3.8) is 0 Å². The van der Waals surface area contributed by atoms with Crippen LogP contribution in [0, 0.1) is 0 Å². The Balaban J connectivity index is 1.55. The summed E-state index contributed by atoms with van der Waals surface area (Å²) in [6, 6.07) is 1.84. The number of hydrogen-bond donors (Lipinski definition) is 1. The zero-order valence-corrected chi connectivity index (χ0v) is 14.7. The highest BCUT2D eigenvalue weighted by Gasteiger charge is 2.26. The van der Waals surface area contributed by atoms with Crippen molar-refractivity contribution in [3.8, 4) is 0 Å². The molecule has 2 aromatic rings. The second-order valence-electron chi connectivity index (χ2n) is 5.65. The van der Waals surface area contributed by atoms with Crippen molar-refractivity contribution >= 4 is 28.2 Å². The summed E-state index contributed by atoms with van der Waals surface area (Å²) < 4.78 is 0. The van der Waals surface area contributed by atoms with Gasteiger partial charge in [-0.1, -0.05) is 18.3 Å². The number of anilines is 2. The first-order valence-electron chi connectivity index (χ1n) is 8.04. The van der Waals surface area contributed by atoms with E-state index >= 15 is 0 Å². The third-order valence-corrected chi connectivity index (χ3v) is 4.83. The Hall–Kier alpha value is -2.13. The summed E-state index contributed by atoms with van der Waals surface area (Å²) >= 11 is 1.32. The Morgan fingerprint density at radius 1 is 1.33 bits per heavy atom. The maximum atomic E-state index is 12.3. The van der Waals surface area contributed by atoms with E-state index in [1.165, 1.54) is 11.3 Å². The quantitative estimate of drug-likeness (QED) is 0.864. The predicted molar refractivity (Wildman–Crippen MR) is 93.2 cm³/mol. The lowest BCUT2D eigenvalue weighted by molar-refractivity contribution is -0.120. The minimum Gasteiger partial charge on any atom is -0.354 e. The number of aromatic nitrogens is 4. The van der Waals surface area contributed by atoms with E-state index in [0.29, 0.717) is 5.13 Å². The Bertz CT molecular complexity index is 670. The highest BCUT2D eigenvalue weighted by Crippen LogP contribution is 2.16. The molecule has 1 aliphatic heterocycles. The molecule has 1 atom stereocenters. The molecule has 3 heterocycles. The van der Waals surface area contributed by atoms with Crippen LogP contribution in [-0.2, 0) is 11.2 Å². The number of hydrogen-bond acceptors (Lipinski definition) is 8. The topological polar surface area (TPSA) is 87.1 Å². The van der Waals surface area contributed by atoms with E-state index in [1.807, 2.05) is 13.0 Å². The van der Waals surface area contributed by atoms with Crippen molar-refractivity contribution in [1.29, 1.82) is 0 Å². The summed E-state index contributed by atoms with van der Waals surface area (Å²) in [4.78, 5) is 25.3. The van der Waals surface area contributed by atoms with E-state index in [-0.39, 0.29) is 11.9 Å². The zero-order valence-electron chi connectivity index (χ0n) is 13.8. The van der Waals surface area contributed by atoms with Crippen LogP contribution in [-0.4, -0.2) is 63.2 Å². The van der Waals surface area contributed by atoms with Gasteiger partial charge in [-0.05, 0) is 13.3 Å². The van der Waals surface area contributed by atoms with Gasteiger partial charge in [0.05, 0.1) is 6.04 Å². The normalized spacial score (nSPS) is 16.8. The first kappa shape index (κ1) is 16.7. The summed E-state index contributed by atoms with van der Waals surface area (Å²) in [7, 11) is 0. The third kappa shape index (κ3) is 3.85. The molecule has 0 aliphatic carbocycles. The SMILES string of the molecule is CCc1cc(N2CCN([C@H](C)C(=O)Nc3nncs3)CC2)ncn1. The number of nitrogens with zero attached hydrogens (tertiary/aromatic N) is 6. The largest absolute Gasteiger partial charge is 0.354 e. The van der Waals surface area contributed by atoms with Gasteiger partial charge >= 0.3 is 0 Å². The van der Waals surface area contributed by atoms with Gasteiger partial charge in [0, 0.05) is 37.9 Å². The fraction of sp³-hybridized carbons (Fsp3) is 0.533. The van der Waals surface area contributed by atoms with Gasteiger partial charge in [0.25, 0.3) is 0 Å².